The molecule has 0 saturated heterocycles. The summed E-state index contributed by atoms with van der Waals surface area (Å²) in [4.78, 5) is 24.7. The number of hydrogen-bond donors (Lipinski definition) is 0. The first-order valence-corrected chi connectivity index (χ1v) is 8.32. The van der Waals surface area contributed by atoms with E-state index in [-0.39, 0.29) is 18.2 Å². The van der Waals surface area contributed by atoms with Gasteiger partial charge in [-0.15, -0.1) is 0 Å². The average Bonchev–Trinajstić information content (AvgIpc) is 2.70. The quantitative estimate of drug-likeness (QED) is 0.594. The van der Waals surface area contributed by atoms with Gasteiger partial charge in [0.2, 0.25) is 0 Å². The highest BCUT2D eigenvalue weighted by molar-refractivity contribution is 5.95. The summed E-state index contributed by atoms with van der Waals surface area (Å²) in [6.07, 6.45) is 1.41. The Morgan fingerprint density at radius 3 is 2.81 bits per heavy atom. The van der Waals surface area contributed by atoms with E-state index in [2.05, 4.69) is 0 Å². The molecule has 1 aliphatic heterocycles. The van der Waals surface area contributed by atoms with Crippen LogP contribution in [0, 0.1) is 21.4 Å². The van der Waals surface area contributed by atoms with Crippen molar-refractivity contribution in [2.24, 2.45) is 0 Å². The van der Waals surface area contributed by atoms with Crippen LogP contribution in [-0.2, 0) is 11.2 Å². The average molecular weight is 367 g/mol. The molecule has 0 radical (unpaired) electrons. The Kier molecular flexibility index (Phi) is 5.22. The van der Waals surface area contributed by atoms with Crippen molar-refractivity contribution in [3.05, 3.63) is 57.6 Å². The molecule has 8 nitrogen and oxygen atoms in total. The number of benzene rings is 2. The van der Waals surface area contributed by atoms with E-state index in [0.29, 0.717) is 35.7 Å². The molecule has 0 fully saturated rings. The molecule has 0 N–H and O–H groups in total. The van der Waals surface area contributed by atoms with E-state index >= 15 is 0 Å². The van der Waals surface area contributed by atoms with Gasteiger partial charge < -0.3 is 14.4 Å². The number of aryl methyl sites for hydroxylation is 1. The zero-order valence-electron chi connectivity index (χ0n) is 14.7. The molecule has 0 spiro atoms. The van der Waals surface area contributed by atoms with E-state index in [1.165, 1.54) is 25.3 Å². The maximum Gasteiger partial charge on any atom is 0.269 e. The number of nitro benzene ring substituents is 1. The SMILES string of the molecule is COc1cc(C#N)ccc1OCC(=O)N1CCCc2cc([N+](=O)[O-])ccc21. The van der Waals surface area contributed by atoms with Crippen LogP contribution in [0.4, 0.5) is 11.4 Å². The number of nitro groups is 1. The Bertz CT molecular complexity index is 935. The zero-order chi connectivity index (χ0) is 19.4. The van der Waals surface area contributed by atoms with E-state index in [9.17, 15) is 14.9 Å². The molecule has 3 rings (SSSR count). The van der Waals surface area contributed by atoms with Crippen LogP contribution >= 0.6 is 0 Å². The standard InChI is InChI=1S/C19H17N3O5/c1-26-18-9-13(11-20)4-7-17(18)27-12-19(23)21-8-2-3-14-10-15(22(24)25)5-6-16(14)21/h4-7,9-10H,2-3,8,12H2,1H3. The van der Waals surface area contributed by atoms with Gasteiger partial charge in [0.25, 0.3) is 11.6 Å². The summed E-state index contributed by atoms with van der Waals surface area (Å²) in [6.45, 7) is 0.316. The fraction of sp³-hybridized carbons (Fsp3) is 0.263. The van der Waals surface area contributed by atoms with Crippen LogP contribution in [0.1, 0.15) is 17.5 Å². The van der Waals surface area contributed by atoms with Crippen LogP contribution in [0.5, 0.6) is 11.5 Å². The van der Waals surface area contributed by atoms with Crippen molar-refractivity contribution < 1.29 is 19.2 Å². The molecule has 0 bridgehead atoms. The highest BCUT2D eigenvalue weighted by Crippen LogP contribution is 2.31. The summed E-state index contributed by atoms with van der Waals surface area (Å²) in [7, 11) is 1.46. The van der Waals surface area contributed by atoms with Crippen molar-refractivity contribution in [3.8, 4) is 17.6 Å². The maximum absolute atomic E-state index is 12.6. The molecule has 8 heteroatoms. The van der Waals surface area contributed by atoms with Gasteiger partial charge in [0.1, 0.15) is 0 Å². The van der Waals surface area contributed by atoms with Crippen molar-refractivity contribution in [1.29, 1.82) is 5.26 Å². The number of fused-ring (bicyclic) bond motifs is 1. The van der Waals surface area contributed by atoms with Crippen molar-refractivity contribution in [2.45, 2.75) is 12.8 Å². The first-order valence-electron chi connectivity index (χ1n) is 8.32. The van der Waals surface area contributed by atoms with Crippen LogP contribution in [0.2, 0.25) is 0 Å². The number of anilines is 1. The predicted octanol–water partition coefficient (Wildman–Crippen LogP) is 2.83. The number of non-ortho nitro benzene ring substituents is 1. The molecule has 1 aliphatic rings. The number of nitriles is 1. The molecule has 0 aromatic heterocycles. The number of carbonyl (C=O) groups excluding carboxylic acids is 1. The first-order chi connectivity index (χ1) is 13.0. The van der Waals surface area contributed by atoms with Crippen molar-refractivity contribution in [1.82, 2.24) is 0 Å². The number of carbonyl (C=O) groups is 1. The molecule has 1 amide bonds. The summed E-state index contributed by atoms with van der Waals surface area (Å²) in [5.74, 6) is 0.485. The van der Waals surface area contributed by atoms with Crippen molar-refractivity contribution in [3.63, 3.8) is 0 Å². The molecular weight excluding hydrogens is 350 g/mol. The Morgan fingerprint density at radius 1 is 1.30 bits per heavy atom. The molecule has 138 valence electrons. The fourth-order valence-electron chi connectivity index (χ4n) is 3.03. The Balaban J connectivity index is 1.75. The largest absolute Gasteiger partial charge is 0.493 e. The topological polar surface area (TPSA) is 106 Å². The minimum absolute atomic E-state index is 0.0154. The molecule has 2 aromatic rings. The smallest absolute Gasteiger partial charge is 0.269 e. The van der Waals surface area contributed by atoms with Gasteiger partial charge in [-0.1, -0.05) is 0 Å². The second-order valence-electron chi connectivity index (χ2n) is 5.99. The van der Waals surface area contributed by atoms with Gasteiger partial charge in [-0.25, -0.2) is 0 Å². The maximum atomic E-state index is 12.6. The molecular formula is C19H17N3O5. The van der Waals surface area contributed by atoms with E-state index in [1.807, 2.05) is 6.07 Å². The molecule has 2 aromatic carbocycles. The predicted molar refractivity (Wildman–Crippen MR) is 97.0 cm³/mol. The van der Waals surface area contributed by atoms with Crippen molar-refractivity contribution in [2.75, 3.05) is 25.2 Å². The lowest BCUT2D eigenvalue weighted by Gasteiger charge is -2.29. The number of rotatable bonds is 5. The molecule has 1 heterocycles. The van der Waals surface area contributed by atoms with E-state index in [1.54, 1.807) is 23.1 Å². The molecule has 0 unspecified atom stereocenters. The second kappa shape index (κ2) is 7.74. The lowest BCUT2D eigenvalue weighted by Crippen LogP contribution is -2.38. The third-order valence-corrected chi connectivity index (χ3v) is 4.34. The molecule has 27 heavy (non-hydrogen) atoms. The lowest BCUT2D eigenvalue weighted by molar-refractivity contribution is -0.384. The van der Waals surface area contributed by atoms with Gasteiger partial charge in [-0.2, -0.15) is 5.26 Å². The summed E-state index contributed by atoms with van der Waals surface area (Å²) in [5.41, 5.74) is 1.89. The minimum Gasteiger partial charge on any atom is -0.493 e. The Hall–Kier alpha value is -3.60. The monoisotopic (exact) mass is 367 g/mol. The fourth-order valence-corrected chi connectivity index (χ4v) is 3.03. The number of methoxy groups -OCH3 is 1. The van der Waals surface area contributed by atoms with E-state index < -0.39 is 4.92 Å². The molecule has 0 aliphatic carbocycles. The summed E-state index contributed by atoms with van der Waals surface area (Å²) >= 11 is 0. The lowest BCUT2D eigenvalue weighted by atomic mass is 10.0. The Morgan fingerprint density at radius 2 is 2.11 bits per heavy atom. The van der Waals surface area contributed by atoms with Crippen LogP contribution < -0.4 is 14.4 Å². The van der Waals surface area contributed by atoms with E-state index in [0.717, 1.165) is 12.0 Å². The van der Waals surface area contributed by atoms with Crippen LogP contribution in [0.15, 0.2) is 36.4 Å². The van der Waals surface area contributed by atoms with Gasteiger partial charge >= 0.3 is 0 Å². The van der Waals surface area contributed by atoms with Crippen LogP contribution in [-0.4, -0.2) is 31.1 Å². The van der Waals surface area contributed by atoms with Gasteiger partial charge in [0.15, 0.2) is 18.1 Å². The number of nitrogens with zero attached hydrogens (tertiary/aromatic N) is 3. The van der Waals surface area contributed by atoms with Crippen LogP contribution in [0.3, 0.4) is 0 Å². The van der Waals surface area contributed by atoms with Gasteiger partial charge in [-0.3, -0.25) is 14.9 Å². The highest BCUT2D eigenvalue weighted by atomic mass is 16.6. The third-order valence-electron chi connectivity index (χ3n) is 4.34. The molecule has 0 saturated carbocycles. The number of ether oxygens (including phenoxy) is 2. The van der Waals surface area contributed by atoms with E-state index in [4.69, 9.17) is 14.7 Å². The third kappa shape index (κ3) is 3.82. The van der Waals surface area contributed by atoms with Crippen molar-refractivity contribution >= 4 is 17.3 Å². The summed E-state index contributed by atoms with van der Waals surface area (Å²) in [6, 6.07) is 11.2. The Labute approximate surface area is 155 Å². The second-order valence-corrected chi connectivity index (χ2v) is 5.99. The normalized spacial score (nSPS) is 12.7. The number of hydrogen-bond acceptors (Lipinski definition) is 6. The summed E-state index contributed by atoms with van der Waals surface area (Å²) in [5, 5.41) is 19.9. The zero-order valence-corrected chi connectivity index (χ0v) is 14.7. The van der Waals surface area contributed by atoms with Gasteiger partial charge in [0, 0.05) is 30.4 Å². The first kappa shape index (κ1) is 18.2. The van der Waals surface area contributed by atoms with Gasteiger partial charge in [0.05, 0.1) is 23.7 Å². The van der Waals surface area contributed by atoms with Crippen LogP contribution in [0.25, 0.3) is 0 Å². The summed E-state index contributed by atoms with van der Waals surface area (Å²) < 4.78 is 10.8. The number of amides is 1. The minimum atomic E-state index is -0.443. The van der Waals surface area contributed by atoms with Gasteiger partial charge in [-0.05, 0) is 36.6 Å². The highest BCUT2D eigenvalue weighted by Gasteiger charge is 2.25. The molecule has 0 atom stereocenters.